The van der Waals surface area contributed by atoms with Gasteiger partial charge in [0.05, 0.1) is 6.85 Å². The fourth-order valence-corrected chi connectivity index (χ4v) is 6.39. The van der Waals surface area contributed by atoms with Crippen molar-refractivity contribution in [3.05, 3.63) is 174 Å². The van der Waals surface area contributed by atoms with E-state index in [1.54, 1.807) is 4.90 Å². The molecule has 0 aliphatic heterocycles. The molecule has 0 amide bonds. The van der Waals surface area contributed by atoms with Crippen LogP contribution in [-0.4, -0.2) is 0 Å². The minimum absolute atomic E-state index is 0.102. The first-order valence-electron chi connectivity index (χ1n) is 17.4. The molecule has 44 heavy (non-hydrogen) atoms. The Bertz CT molecular complexity index is 2300. The van der Waals surface area contributed by atoms with Gasteiger partial charge in [-0.2, -0.15) is 0 Å². The number of rotatable bonds is 6. The number of anilines is 3. The van der Waals surface area contributed by atoms with Crippen molar-refractivity contribution in [1.82, 2.24) is 0 Å². The van der Waals surface area contributed by atoms with E-state index in [2.05, 4.69) is 93.6 Å². The largest absolute Gasteiger partial charge is 0.311 e. The van der Waals surface area contributed by atoms with Gasteiger partial charge in [0.2, 0.25) is 0 Å². The molecule has 7 aromatic carbocycles. The molecule has 0 aliphatic rings. The molecule has 0 saturated carbocycles. The molecule has 1 nitrogen and oxygen atoms in total. The van der Waals surface area contributed by atoms with E-state index in [0.29, 0.717) is 11.4 Å². The molecule has 0 aromatic heterocycles. The average molecular weight is 571 g/mol. The summed E-state index contributed by atoms with van der Waals surface area (Å²) in [5.41, 5.74) is 11.6. The number of para-hydroxylation sites is 1. The Labute approximate surface area is 267 Å². The Balaban J connectivity index is 1.38. The second kappa shape index (κ2) is 11.7. The molecular weight excluding hydrogens is 530 g/mol. The molecule has 0 bridgehead atoms. The van der Waals surface area contributed by atoms with Crippen molar-refractivity contribution in [2.24, 2.45) is 0 Å². The third-order valence-corrected chi connectivity index (χ3v) is 8.23. The zero-order chi connectivity index (χ0) is 34.4. The molecule has 0 N–H and O–H groups in total. The molecule has 212 valence electrons. The highest BCUT2D eigenvalue weighted by molar-refractivity contribution is 6.04. The van der Waals surface area contributed by atoms with Crippen LogP contribution in [0, 0.1) is 20.8 Å². The van der Waals surface area contributed by atoms with Crippen LogP contribution in [0.5, 0.6) is 0 Å². The molecule has 0 spiro atoms. The fraction of sp³-hybridized carbons (Fsp3) is 0.0698. The van der Waals surface area contributed by atoms with Crippen LogP contribution in [0.4, 0.5) is 17.1 Å². The lowest BCUT2D eigenvalue weighted by Crippen LogP contribution is -2.09. The Morgan fingerprint density at radius 3 is 1.70 bits per heavy atom. The number of fused-ring (bicyclic) bond motifs is 1. The highest BCUT2D eigenvalue weighted by Crippen LogP contribution is 2.41. The van der Waals surface area contributed by atoms with Gasteiger partial charge in [-0.15, -0.1) is 0 Å². The van der Waals surface area contributed by atoms with E-state index in [9.17, 15) is 0 Å². The number of hydrogen-bond donors (Lipinski definition) is 0. The van der Waals surface area contributed by atoms with E-state index in [0.717, 1.165) is 38.6 Å². The number of benzene rings is 7. The third kappa shape index (κ3) is 5.18. The van der Waals surface area contributed by atoms with Gasteiger partial charge in [-0.05, 0) is 112 Å². The van der Waals surface area contributed by atoms with Gasteiger partial charge in [-0.3, -0.25) is 0 Å². The molecule has 0 unspecified atom stereocenters. The number of aryl methyl sites for hydroxylation is 3. The van der Waals surface area contributed by atoms with Crippen molar-refractivity contribution in [2.75, 3.05) is 4.90 Å². The summed E-state index contributed by atoms with van der Waals surface area (Å²) in [7, 11) is 0. The molecular formula is C43H35N. The monoisotopic (exact) mass is 570 g/mol. The summed E-state index contributed by atoms with van der Waals surface area (Å²) < 4.78 is 42.9. The van der Waals surface area contributed by atoms with E-state index >= 15 is 0 Å². The quantitative estimate of drug-likeness (QED) is 0.192. The first-order valence-corrected chi connectivity index (χ1v) is 14.9. The molecule has 7 aromatic rings. The van der Waals surface area contributed by atoms with Crippen LogP contribution in [0.2, 0.25) is 0 Å². The van der Waals surface area contributed by atoms with Crippen LogP contribution in [0.15, 0.2) is 158 Å². The van der Waals surface area contributed by atoms with Crippen LogP contribution < -0.4 is 4.90 Å². The predicted octanol–water partition coefficient (Wildman–Crippen LogP) is 12.2. The normalized spacial score (nSPS) is 12.7. The van der Waals surface area contributed by atoms with Gasteiger partial charge in [0.15, 0.2) is 0 Å². The van der Waals surface area contributed by atoms with E-state index in [4.69, 9.17) is 6.85 Å². The molecule has 0 aliphatic carbocycles. The van der Waals surface area contributed by atoms with Gasteiger partial charge < -0.3 is 4.90 Å². The van der Waals surface area contributed by atoms with Gasteiger partial charge in [0.25, 0.3) is 0 Å². The van der Waals surface area contributed by atoms with Crippen LogP contribution in [0.3, 0.4) is 0 Å². The zero-order valence-corrected chi connectivity index (χ0v) is 25.1. The van der Waals surface area contributed by atoms with Crippen molar-refractivity contribution >= 4 is 27.8 Å². The predicted molar refractivity (Wildman–Crippen MR) is 189 cm³/mol. The van der Waals surface area contributed by atoms with Crippen molar-refractivity contribution in [3.63, 3.8) is 0 Å². The highest BCUT2D eigenvalue weighted by atomic mass is 15.1. The van der Waals surface area contributed by atoms with Crippen molar-refractivity contribution in [3.8, 4) is 33.4 Å². The number of nitrogens with zero attached hydrogens (tertiary/aromatic N) is 1. The van der Waals surface area contributed by atoms with Crippen LogP contribution >= 0.6 is 0 Å². The Morgan fingerprint density at radius 2 is 1.05 bits per heavy atom. The van der Waals surface area contributed by atoms with Crippen molar-refractivity contribution in [2.45, 2.75) is 20.8 Å². The summed E-state index contributed by atoms with van der Waals surface area (Å²) in [6.07, 6.45) is 0. The summed E-state index contributed by atoms with van der Waals surface area (Å²) in [5.74, 6) is 0. The third-order valence-electron chi connectivity index (χ3n) is 8.23. The Kier molecular flexibility index (Phi) is 5.90. The Morgan fingerprint density at radius 1 is 0.477 bits per heavy atom. The van der Waals surface area contributed by atoms with Gasteiger partial charge in [-0.1, -0.05) is 127 Å². The average Bonchev–Trinajstić information content (AvgIpc) is 3.12. The molecule has 0 fully saturated rings. The van der Waals surface area contributed by atoms with Gasteiger partial charge in [0, 0.05) is 17.1 Å². The molecule has 1 heteroatoms. The maximum absolute atomic E-state index is 8.88. The first-order chi connectivity index (χ1) is 23.6. The summed E-state index contributed by atoms with van der Waals surface area (Å²) in [6, 6.07) is 41.7. The smallest absolute Gasteiger partial charge is 0.0645 e. The maximum atomic E-state index is 8.88. The van der Waals surface area contributed by atoms with Crippen molar-refractivity contribution < 1.29 is 6.85 Å². The van der Waals surface area contributed by atoms with Crippen LogP contribution in [-0.2, 0) is 0 Å². The van der Waals surface area contributed by atoms with E-state index < -0.39 is 6.04 Å². The van der Waals surface area contributed by atoms with Crippen LogP contribution in [0.25, 0.3) is 44.2 Å². The maximum Gasteiger partial charge on any atom is 0.0645 e. The van der Waals surface area contributed by atoms with E-state index in [1.807, 2.05) is 54.6 Å². The van der Waals surface area contributed by atoms with Crippen LogP contribution in [0.1, 0.15) is 23.5 Å². The molecule has 0 radical (unpaired) electrons. The second-order valence-electron chi connectivity index (χ2n) is 11.3. The van der Waals surface area contributed by atoms with Gasteiger partial charge in [0.1, 0.15) is 0 Å². The lowest BCUT2D eigenvalue weighted by molar-refractivity contribution is 1.28. The highest BCUT2D eigenvalue weighted by Gasteiger charge is 2.16. The second-order valence-corrected chi connectivity index (χ2v) is 11.3. The lowest BCUT2D eigenvalue weighted by atomic mass is 9.90. The number of hydrogen-bond acceptors (Lipinski definition) is 1. The SMILES string of the molecule is [2H]c1c([2H])c([2H])c(N(c2ccc(-c3ccc4ccccc4c3-c3ccccc3)cc2)c2ccc(-c3c(C)cc(C)cc3C)cc2)c([2H])c1[2H]. The molecule has 0 heterocycles. The molecule has 7 rings (SSSR count). The lowest BCUT2D eigenvalue weighted by Gasteiger charge is -2.26. The molecule has 0 saturated heterocycles. The fourth-order valence-electron chi connectivity index (χ4n) is 6.39. The summed E-state index contributed by atoms with van der Waals surface area (Å²) in [6.45, 7) is 6.32. The van der Waals surface area contributed by atoms with E-state index in [1.165, 1.54) is 22.3 Å². The summed E-state index contributed by atoms with van der Waals surface area (Å²) >= 11 is 0. The zero-order valence-electron chi connectivity index (χ0n) is 30.1. The Hall–Kier alpha value is -5.40. The summed E-state index contributed by atoms with van der Waals surface area (Å²) in [4.78, 5) is 1.76. The topological polar surface area (TPSA) is 3.24 Å². The molecule has 0 atom stereocenters. The minimum atomic E-state index is -0.417. The summed E-state index contributed by atoms with van der Waals surface area (Å²) in [5, 5.41) is 2.32. The van der Waals surface area contributed by atoms with Crippen molar-refractivity contribution in [1.29, 1.82) is 0 Å². The van der Waals surface area contributed by atoms with E-state index in [-0.39, 0.29) is 29.9 Å². The van der Waals surface area contributed by atoms with Gasteiger partial charge in [-0.25, -0.2) is 0 Å². The first kappa shape index (κ1) is 22.2. The minimum Gasteiger partial charge on any atom is -0.311 e. The van der Waals surface area contributed by atoms with Gasteiger partial charge >= 0.3 is 0 Å². The standard InChI is InChI=1S/C43H35N/c1-30-28-31(2)42(32(3)29-30)36-20-25-39(26-21-36)44(37-15-8-5-9-16-37)38-23-18-34(19-24-38)41-27-22-33-12-10-11-17-40(33)43(41)35-13-6-4-7-14-35/h4-29H,1-3H3/i5D,8D,9D,15D,16D.